The van der Waals surface area contributed by atoms with E-state index < -0.39 is 10.0 Å². The SMILES string of the molecule is CNc1ccc(C(=O)NCCCNS(C)(=O)=O)cn1. The summed E-state index contributed by atoms with van der Waals surface area (Å²) >= 11 is 0. The van der Waals surface area contributed by atoms with Gasteiger partial charge in [0.05, 0.1) is 11.8 Å². The summed E-state index contributed by atoms with van der Waals surface area (Å²) in [5, 5.41) is 5.55. The van der Waals surface area contributed by atoms with Crippen LogP contribution in [0.4, 0.5) is 5.82 Å². The molecule has 0 bridgehead atoms. The van der Waals surface area contributed by atoms with Gasteiger partial charge in [-0.05, 0) is 18.6 Å². The van der Waals surface area contributed by atoms with Crippen LogP contribution in [0.1, 0.15) is 16.8 Å². The first-order valence-electron chi connectivity index (χ1n) is 5.79. The molecule has 0 unspecified atom stereocenters. The lowest BCUT2D eigenvalue weighted by molar-refractivity contribution is 0.0953. The number of nitrogens with zero attached hydrogens (tertiary/aromatic N) is 1. The van der Waals surface area contributed by atoms with Crippen LogP contribution in [0, 0.1) is 0 Å². The van der Waals surface area contributed by atoms with Crippen molar-refractivity contribution in [3.63, 3.8) is 0 Å². The number of pyridine rings is 1. The van der Waals surface area contributed by atoms with Crippen LogP contribution in [0.15, 0.2) is 18.3 Å². The van der Waals surface area contributed by atoms with Gasteiger partial charge in [-0.2, -0.15) is 0 Å². The molecule has 1 aromatic heterocycles. The maximum atomic E-state index is 11.7. The first kappa shape index (κ1) is 15.4. The summed E-state index contributed by atoms with van der Waals surface area (Å²) in [5.41, 5.74) is 0.468. The Hall–Kier alpha value is -1.67. The summed E-state index contributed by atoms with van der Waals surface area (Å²) in [6.45, 7) is 0.700. The van der Waals surface area contributed by atoms with Crippen LogP contribution < -0.4 is 15.4 Å². The molecular weight excluding hydrogens is 268 g/mol. The van der Waals surface area contributed by atoms with E-state index in [2.05, 4.69) is 20.3 Å². The molecule has 19 heavy (non-hydrogen) atoms. The monoisotopic (exact) mass is 286 g/mol. The first-order valence-corrected chi connectivity index (χ1v) is 7.68. The molecule has 0 aliphatic heterocycles. The highest BCUT2D eigenvalue weighted by Crippen LogP contribution is 2.03. The fraction of sp³-hybridized carbons (Fsp3) is 0.455. The quantitative estimate of drug-likeness (QED) is 0.602. The summed E-state index contributed by atoms with van der Waals surface area (Å²) in [7, 11) is -1.42. The van der Waals surface area contributed by atoms with Gasteiger partial charge < -0.3 is 10.6 Å². The Labute approximate surface area is 112 Å². The summed E-state index contributed by atoms with van der Waals surface area (Å²) in [5.74, 6) is 0.461. The highest BCUT2D eigenvalue weighted by molar-refractivity contribution is 7.88. The highest BCUT2D eigenvalue weighted by Gasteiger charge is 2.05. The van der Waals surface area contributed by atoms with E-state index in [1.165, 1.54) is 6.20 Å². The molecule has 0 spiro atoms. The smallest absolute Gasteiger partial charge is 0.252 e. The van der Waals surface area contributed by atoms with Gasteiger partial charge in [-0.1, -0.05) is 0 Å². The average molecular weight is 286 g/mol. The number of anilines is 1. The molecule has 0 fully saturated rings. The molecule has 0 saturated heterocycles. The topological polar surface area (TPSA) is 100 Å². The van der Waals surface area contributed by atoms with E-state index in [1.807, 2.05) is 0 Å². The fourth-order valence-electron chi connectivity index (χ4n) is 1.33. The second-order valence-corrected chi connectivity index (χ2v) is 5.79. The zero-order valence-electron chi connectivity index (χ0n) is 10.9. The maximum Gasteiger partial charge on any atom is 0.252 e. The van der Waals surface area contributed by atoms with Crippen molar-refractivity contribution in [3.05, 3.63) is 23.9 Å². The van der Waals surface area contributed by atoms with Crippen molar-refractivity contribution in [2.75, 3.05) is 31.7 Å². The summed E-state index contributed by atoms with van der Waals surface area (Å²) < 4.78 is 23.9. The van der Waals surface area contributed by atoms with Crippen molar-refractivity contribution in [1.82, 2.24) is 15.0 Å². The average Bonchev–Trinajstić information content (AvgIpc) is 2.37. The van der Waals surface area contributed by atoms with Gasteiger partial charge in [0, 0.05) is 26.3 Å². The van der Waals surface area contributed by atoms with Gasteiger partial charge >= 0.3 is 0 Å². The van der Waals surface area contributed by atoms with Crippen molar-refractivity contribution in [2.24, 2.45) is 0 Å². The number of rotatable bonds is 7. The minimum Gasteiger partial charge on any atom is -0.373 e. The molecule has 0 saturated carbocycles. The third kappa shape index (κ3) is 6.16. The molecule has 1 aromatic rings. The Kier molecular flexibility index (Phi) is 5.71. The minimum absolute atomic E-state index is 0.227. The summed E-state index contributed by atoms with van der Waals surface area (Å²) in [6, 6.07) is 3.38. The van der Waals surface area contributed by atoms with Crippen LogP contribution in [-0.2, 0) is 10.0 Å². The molecule has 0 atom stereocenters. The van der Waals surface area contributed by atoms with E-state index in [1.54, 1.807) is 19.2 Å². The first-order chi connectivity index (χ1) is 8.92. The van der Waals surface area contributed by atoms with Crippen LogP contribution >= 0.6 is 0 Å². The zero-order chi connectivity index (χ0) is 14.3. The van der Waals surface area contributed by atoms with Crippen molar-refractivity contribution in [3.8, 4) is 0 Å². The van der Waals surface area contributed by atoms with E-state index in [-0.39, 0.29) is 5.91 Å². The minimum atomic E-state index is -3.16. The molecular formula is C11H18N4O3S. The Morgan fingerprint density at radius 2 is 2.05 bits per heavy atom. The van der Waals surface area contributed by atoms with Gasteiger partial charge in [0.15, 0.2) is 0 Å². The summed E-state index contributed by atoms with van der Waals surface area (Å²) in [4.78, 5) is 15.7. The molecule has 1 heterocycles. The molecule has 3 N–H and O–H groups in total. The van der Waals surface area contributed by atoms with Gasteiger partial charge in [-0.25, -0.2) is 18.1 Å². The third-order valence-electron chi connectivity index (χ3n) is 2.29. The van der Waals surface area contributed by atoms with Gasteiger partial charge in [0.2, 0.25) is 10.0 Å². The van der Waals surface area contributed by atoms with E-state index in [0.717, 1.165) is 6.26 Å². The number of carbonyl (C=O) groups is 1. The van der Waals surface area contributed by atoms with Crippen molar-refractivity contribution in [2.45, 2.75) is 6.42 Å². The number of hydrogen-bond donors (Lipinski definition) is 3. The number of aromatic nitrogens is 1. The lowest BCUT2D eigenvalue weighted by atomic mass is 10.2. The van der Waals surface area contributed by atoms with E-state index in [0.29, 0.717) is 30.9 Å². The Bertz CT molecular complexity index is 513. The lowest BCUT2D eigenvalue weighted by Crippen LogP contribution is -2.29. The molecule has 1 amide bonds. The largest absolute Gasteiger partial charge is 0.373 e. The number of carbonyl (C=O) groups excluding carboxylic acids is 1. The van der Waals surface area contributed by atoms with Crippen molar-refractivity contribution in [1.29, 1.82) is 0 Å². The van der Waals surface area contributed by atoms with E-state index in [9.17, 15) is 13.2 Å². The molecule has 1 rings (SSSR count). The van der Waals surface area contributed by atoms with Crippen LogP contribution in [-0.4, -0.2) is 45.7 Å². The predicted octanol–water partition coefficient (Wildman–Crippen LogP) is -0.208. The number of nitrogens with one attached hydrogen (secondary N) is 3. The molecule has 7 nitrogen and oxygen atoms in total. The lowest BCUT2D eigenvalue weighted by Gasteiger charge is -2.06. The normalized spacial score (nSPS) is 11.1. The van der Waals surface area contributed by atoms with Gasteiger partial charge in [-0.3, -0.25) is 4.79 Å². The maximum absolute atomic E-state index is 11.7. The second-order valence-electron chi connectivity index (χ2n) is 3.96. The van der Waals surface area contributed by atoms with E-state index >= 15 is 0 Å². The molecule has 0 aromatic carbocycles. The molecule has 8 heteroatoms. The van der Waals surface area contributed by atoms with Gasteiger partial charge in [-0.15, -0.1) is 0 Å². The fourth-order valence-corrected chi connectivity index (χ4v) is 1.84. The number of hydrogen-bond acceptors (Lipinski definition) is 5. The second kappa shape index (κ2) is 7.05. The molecule has 106 valence electrons. The zero-order valence-corrected chi connectivity index (χ0v) is 11.8. The molecule has 0 radical (unpaired) electrons. The Morgan fingerprint density at radius 3 is 2.58 bits per heavy atom. The van der Waals surface area contributed by atoms with Crippen LogP contribution in [0.3, 0.4) is 0 Å². The van der Waals surface area contributed by atoms with Crippen LogP contribution in [0.2, 0.25) is 0 Å². The standard InChI is InChI=1S/C11H18N4O3S/c1-12-10-5-4-9(8-14-10)11(16)13-6-3-7-15-19(2,17)18/h4-5,8,15H,3,6-7H2,1-2H3,(H,12,14)(H,13,16). The van der Waals surface area contributed by atoms with Crippen LogP contribution in [0.25, 0.3) is 0 Å². The van der Waals surface area contributed by atoms with E-state index in [4.69, 9.17) is 0 Å². The number of amides is 1. The van der Waals surface area contributed by atoms with Gasteiger partial charge in [0.1, 0.15) is 5.82 Å². The Morgan fingerprint density at radius 1 is 1.32 bits per heavy atom. The summed E-state index contributed by atoms with van der Waals surface area (Å²) in [6.07, 6.45) is 3.11. The molecule has 0 aliphatic rings. The van der Waals surface area contributed by atoms with Crippen molar-refractivity contribution >= 4 is 21.7 Å². The van der Waals surface area contributed by atoms with Crippen molar-refractivity contribution < 1.29 is 13.2 Å². The third-order valence-corrected chi connectivity index (χ3v) is 3.01. The Balaban J connectivity index is 2.31. The van der Waals surface area contributed by atoms with Crippen LogP contribution in [0.5, 0.6) is 0 Å². The van der Waals surface area contributed by atoms with Gasteiger partial charge in [0.25, 0.3) is 5.91 Å². The predicted molar refractivity (Wildman–Crippen MR) is 73.6 cm³/mol. The molecule has 0 aliphatic carbocycles. The number of sulfonamides is 1. The highest BCUT2D eigenvalue weighted by atomic mass is 32.2.